The highest BCUT2D eigenvalue weighted by Gasteiger charge is 2.07. The summed E-state index contributed by atoms with van der Waals surface area (Å²) in [5.74, 6) is 0. The third-order valence-corrected chi connectivity index (χ3v) is 3.13. The van der Waals surface area contributed by atoms with Crippen LogP contribution in [-0.4, -0.2) is 6.54 Å². The molecule has 16 heavy (non-hydrogen) atoms. The lowest BCUT2D eigenvalue weighted by molar-refractivity contribution is 0.542. The molecule has 1 aromatic rings. The van der Waals surface area contributed by atoms with Crippen LogP contribution in [0.3, 0.4) is 0 Å². The topological polar surface area (TPSA) is 12.0 Å². The first-order valence-corrected chi connectivity index (χ1v) is 6.45. The Kier molecular flexibility index (Phi) is 5.54. The Bertz CT molecular complexity index is 317. The summed E-state index contributed by atoms with van der Waals surface area (Å²) in [5.41, 5.74) is 4.18. The van der Waals surface area contributed by atoms with Gasteiger partial charge in [0.25, 0.3) is 0 Å². The highest BCUT2D eigenvalue weighted by Crippen LogP contribution is 2.18. The highest BCUT2D eigenvalue weighted by atomic mass is 14.9. The van der Waals surface area contributed by atoms with Crippen LogP contribution >= 0.6 is 0 Å². The second-order valence-corrected chi connectivity index (χ2v) is 4.74. The van der Waals surface area contributed by atoms with Crippen molar-refractivity contribution in [2.24, 2.45) is 0 Å². The number of unbranched alkanes of at least 4 members (excludes halogenated alkanes) is 2. The molecule has 1 nitrogen and oxygen atoms in total. The van der Waals surface area contributed by atoms with E-state index in [-0.39, 0.29) is 0 Å². The number of nitrogens with one attached hydrogen (secondary N) is 1. The van der Waals surface area contributed by atoms with Crippen LogP contribution in [0.2, 0.25) is 0 Å². The van der Waals surface area contributed by atoms with Crippen molar-refractivity contribution in [2.75, 3.05) is 6.54 Å². The molecule has 0 fully saturated rings. The van der Waals surface area contributed by atoms with Crippen LogP contribution in [0.1, 0.15) is 55.8 Å². The SMILES string of the molecule is CCCCCNC(C)c1cc(C)ccc1C. The largest absolute Gasteiger partial charge is 0.310 e. The number of benzene rings is 1. The molecule has 1 rings (SSSR count). The summed E-state index contributed by atoms with van der Waals surface area (Å²) in [6.07, 6.45) is 3.90. The van der Waals surface area contributed by atoms with Crippen molar-refractivity contribution in [2.45, 2.75) is 53.0 Å². The standard InChI is InChI=1S/C15H25N/c1-5-6-7-10-16-14(4)15-11-12(2)8-9-13(15)3/h8-9,11,14,16H,5-7,10H2,1-4H3. The zero-order chi connectivity index (χ0) is 12.0. The highest BCUT2D eigenvalue weighted by molar-refractivity contribution is 5.32. The van der Waals surface area contributed by atoms with Gasteiger partial charge in [-0.15, -0.1) is 0 Å². The second kappa shape index (κ2) is 6.70. The number of hydrogen-bond acceptors (Lipinski definition) is 1. The van der Waals surface area contributed by atoms with Crippen molar-refractivity contribution in [3.63, 3.8) is 0 Å². The van der Waals surface area contributed by atoms with E-state index >= 15 is 0 Å². The van der Waals surface area contributed by atoms with Gasteiger partial charge in [-0.1, -0.05) is 43.5 Å². The van der Waals surface area contributed by atoms with Crippen LogP contribution in [-0.2, 0) is 0 Å². The molecule has 0 bridgehead atoms. The van der Waals surface area contributed by atoms with Gasteiger partial charge < -0.3 is 5.32 Å². The Morgan fingerprint density at radius 3 is 2.62 bits per heavy atom. The van der Waals surface area contributed by atoms with Crippen molar-refractivity contribution in [1.82, 2.24) is 5.32 Å². The zero-order valence-corrected chi connectivity index (χ0v) is 11.1. The molecule has 0 aromatic heterocycles. The lowest BCUT2D eigenvalue weighted by Crippen LogP contribution is -2.20. The van der Waals surface area contributed by atoms with E-state index in [2.05, 4.69) is 51.2 Å². The summed E-state index contributed by atoms with van der Waals surface area (Å²) in [6, 6.07) is 7.17. The van der Waals surface area contributed by atoms with E-state index in [9.17, 15) is 0 Å². The maximum Gasteiger partial charge on any atom is 0.0294 e. The minimum absolute atomic E-state index is 0.469. The Morgan fingerprint density at radius 1 is 1.19 bits per heavy atom. The van der Waals surface area contributed by atoms with Crippen LogP contribution < -0.4 is 5.32 Å². The molecule has 1 N–H and O–H groups in total. The maximum atomic E-state index is 3.60. The second-order valence-electron chi connectivity index (χ2n) is 4.74. The zero-order valence-electron chi connectivity index (χ0n) is 11.1. The predicted molar refractivity (Wildman–Crippen MR) is 71.9 cm³/mol. The molecule has 1 heteroatoms. The van der Waals surface area contributed by atoms with Gasteiger partial charge >= 0.3 is 0 Å². The summed E-state index contributed by atoms with van der Waals surface area (Å²) < 4.78 is 0. The van der Waals surface area contributed by atoms with Crippen molar-refractivity contribution >= 4 is 0 Å². The van der Waals surface area contributed by atoms with Gasteiger partial charge in [0.2, 0.25) is 0 Å². The molecule has 0 aliphatic rings. The summed E-state index contributed by atoms with van der Waals surface area (Å²) in [6.45, 7) is 9.98. The smallest absolute Gasteiger partial charge is 0.0294 e. The monoisotopic (exact) mass is 219 g/mol. The molecular weight excluding hydrogens is 194 g/mol. The fourth-order valence-corrected chi connectivity index (χ4v) is 2.03. The fraction of sp³-hybridized carbons (Fsp3) is 0.600. The minimum atomic E-state index is 0.469. The number of rotatable bonds is 6. The third-order valence-electron chi connectivity index (χ3n) is 3.13. The Hall–Kier alpha value is -0.820. The average molecular weight is 219 g/mol. The van der Waals surface area contributed by atoms with Crippen molar-refractivity contribution in [3.8, 4) is 0 Å². The van der Waals surface area contributed by atoms with Crippen LogP contribution in [0, 0.1) is 13.8 Å². The minimum Gasteiger partial charge on any atom is -0.310 e. The molecule has 0 saturated carbocycles. The van der Waals surface area contributed by atoms with Crippen molar-refractivity contribution in [1.29, 1.82) is 0 Å². The summed E-state index contributed by atoms with van der Waals surface area (Å²) in [7, 11) is 0. The van der Waals surface area contributed by atoms with Crippen molar-refractivity contribution < 1.29 is 0 Å². The molecule has 1 atom stereocenters. The molecular formula is C15H25N. The Morgan fingerprint density at radius 2 is 1.94 bits per heavy atom. The molecule has 0 spiro atoms. The molecule has 90 valence electrons. The molecule has 0 aliphatic carbocycles. The van der Waals surface area contributed by atoms with Crippen LogP contribution in [0.5, 0.6) is 0 Å². The lowest BCUT2D eigenvalue weighted by Gasteiger charge is -2.17. The van der Waals surface area contributed by atoms with E-state index in [0.717, 1.165) is 6.54 Å². The first-order valence-electron chi connectivity index (χ1n) is 6.45. The molecule has 0 saturated heterocycles. The van der Waals surface area contributed by atoms with Gasteiger partial charge in [-0.2, -0.15) is 0 Å². The van der Waals surface area contributed by atoms with Gasteiger partial charge in [0, 0.05) is 6.04 Å². The van der Waals surface area contributed by atoms with Gasteiger partial charge in [0.15, 0.2) is 0 Å². The van der Waals surface area contributed by atoms with E-state index < -0.39 is 0 Å². The van der Waals surface area contributed by atoms with Gasteiger partial charge in [-0.25, -0.2) is 0 Å². The third kappa shape index (κ3) is 3.97. The summed E-state index contributed by atoms with van der Waals surface area (Å²) in [5, 5.41) is 3.60. The van der Waals surface area contributed by atoms with E-state index in [1.54, 1.807) is 0 Å². The van der Waals surface area contributed by atoms with E-state index in [1.165, 1.54) is 36.0 Å². The van der Waals surface area contributed by atoms with Crippen LogP contribution in [0.15, 0.2) is 18.2 Å². The molecule has 0 amide bonds. The molecule has 0 radical (unpaired) electrons. The first-order chi connectivity index (χ1) is 7.65. The lowest BCUT2D eigenvalue weighted by atomic mass is 10.00. The Labute approximate surface area is 100 Å². The normalized spacial score (nSPS) is 12.8. The molecule has 0 heterocycles. The number of aryl methyl sites for hydroxylation is 2. The van der Waals surface area contributed by atoms with Crippen LogP contribution in [0.25, 0.3) is 0 Å². The van der Waals surface area contributed by atoms with E-state index in [1.807, 2.05) is 0 Å². The van der Waals surface area contributed by atoms with Gasteiger partial charge in [-0.05, 0) is 44.9 Å². The summed E-state index contributed by atoms with van der Waals surface area (Å²) in [4.78, 5) is 0. The van der Waals surface area contributed by atoms with E-state index in [0.29, 0.717) is 6.04 Å². The maximum absolute atomic E-state index is 3.60. The average Bonchev–Trinajstić information content (AvgIpc) is 2.27. The van der Waals surface area contributed by atoms with Crippen molar-refractivity contribution in [3.05, 3.63) is 34.9 Å². The molecule has 1 unspecified atom stereocenters. The van der Waals surface area contributed by atoms with E-state index in [4.69, 9.17) is 0 Å². The first kappa shape index (κ1) is 13.2. The quantitative estimate of drug-likeness (QED) is 0.709. The molecule has 0 aliphatic heterocycles. The van der Waals surface area contributed by atoms with Gasteiger partial charge in [0.05, 0.1) is 0 Å². The predicted octanol–water partition coefficient (Wildman–Crippen LogP) is 4.14. The fourth-order valence-electron chi connectivity index (χ4n) is 2.03. The van der Waals surface area contributed by atoms with Gasteiger partial charge in [0.1, 0.15) is 0 Å². The van der Waals surface area contributed by atoms with Gasteiger partial charge in [-0.3, -0.25) is 0 Å². The molecule has 1 aromatic carbocycles. The Balaban J connectivity index is 2.51. The number of hydrogen-bond donors (Lipinski definition) is 1. The summed E-state index contributed by atoms with van der Waals surface area (Å²) >= 11 is 0. The van der Waals surface area contributed by atoms with Crippen LogP contribution in [0.4, 0.5) is 0 Å².